The van der Waals surface area contributed by atoms with E-state index in [0.717, 1.165) is 25.7 Å². The Morgan fingerprint density at radius 3 is 2.50 bits per heavy atom. The molecule has 1 N–H and O–H groups in total. The largest absolute Gasteiger partial charge is 0.390 e. The van der Waals surface area contributed by atoms with Crippen LogP contribution in [0.3, 0.4) is 0 Å². The van der Waals surface area contributed by atoms with E-state index in [1.165, 1.54) is 19.3 Å². The minimum absolute atomic E-state index is 0.00361. The first-order valence-electron chi connectivity index (χ1n) is 6.94. The van der Waals surface area contributed by atoms with Gasteiger partial charge in [0.15, 0.2) is 0 Å². The van der Waals surface area contributed by atoms with Gasteiger partial charge in [0, 0.05) is 13.1 Å². The Morgan fingerprint density at radius 1 is 1.11 bits per heavy atom. The summed E-state index contributed by atoms with van der Waals surface area (Å²) in [6.45, 7) is 0.550. The highest BCUT2D eigenvalue weighted by Crippen LogP contribution is 2.41. The number of hydrogen-bond donors (Lipinski definition) is 1. The highest BCUT2D eigenvalue weighted by Gasteiger charge is 2.40. The SMILES string of the molecule is FC(F)(F)CCNCC1CCC2(CCCCC2)O1. The molecular weight excluding hydrogens is 243 g/mol. The van der Waals surface area contributed by atoms with Crippen molar-refractivity contribution in [1.29, 1.82) is 0 Å². The first-order valence-corrected chi connectivity index (χ1v) is 6.94. The Bertz CT molecular complexity index is 261. The number of alkyl halides is 3. The van der Waals surface area contributed by atoms with E-state index in [-0.39, 0.29) is 18.2 Å². The minimum Gasteiger partial charge on any atom is -0.370 e. The topological polar surface area (TPSA) is 21.3 Å². The molecule has 0 amide bonds. The summed E-state index contributed by atoms with van der Waals surface area (Å²) in [5.41, 5.74) is 0.0641. The van der Waals surface area contributed by atoms with Crippen LogP contribution in [-0.4, -0.2) is 31.0 Å². The summed E-state index contributed by atoms with van der Waals surface area (Å²) in [6.07, 6.45) is 3.37. The highest BCUT2D eigenvalue weighted by atomic mass is 19.4. The summed E-state index contributed by atoms with van der Waals surface area (Å²) in [5.74, 6) is 0. The molecule has 1 unspecified atom stereocenters. The molecule has 1 spiro atoms. The van der Waals surface area contributed by atoms with Gasteiger partial charge in [-0.2, -0.15) is 13.2 Å². The maximum Gasteiger partial charge on any atom is 0.390 e. The van der Waals surface area contributed by atoms with Crippen LogP contribution in [0.1, 0.15) is 51.4 Å². The van der Waals surface area contributed by atoms with Crippen molar-refractivity contribution in [3.05, 3.63) is 0 Å². The molecule has 0 aromatic rings. The molecule has 0 aromatic heterocycles. The lowest BCUT2D eigenvalue weighted by Gasteiger charge is -2.33. The third-order valence-electron chi connectivity index (χ3n) is 4.06. The standard InChI is InChI=1S/C13H22F3NO/c14-13(15,16)8-9-17-10-11-4-7-12(18-11)5-2-1-3-6-12/h11,17H,1-10H2. The zero-order chi connectivity index (χ0) is 13.1. The molecule has 5 heteroatoms. The second-order valence-corrected chi connectivity index (χ2v) is 5.59. The van der Waals surface area contributed by atoms with Crippen LogP contribution in [0, 0.1) is 0 Å². The predicted molar refractivity (Wildman–Crippen MR) is 63.5 cm³/mol. The van der Waals surface area contributed by atoms with Crippen molar-refractivity contribution in [2.75, 3.05) is 13.1 Å². The van der Waals surface area contributed by atoms with E-state index in [0.29, 0.717) is 6.54 Å². The van der Waals surface area contributed by atoms with E-state index < -0.39 is 12.6 Å². The molecule has 106 valence electrons. The third kappa shape index (κ3) is 4.12. The molecule has 2 aliphatic rings. The zero-order valence-electron chi connectivity index (χ0n) is 10.7. The normalized spacial score (nSPS) is 27.8. The van der Waals surface area contributed by atoms with Crippen molar-refractivity contribution in [3.63, 3.8) is 0 Å². The summed E-state index contributed by atoms with van der Waals surface area (Å²) in [6, 6.07) is 0. The van der Waals surface area contributed by atoms with Crippen molar-refractivity contribution in [3.8, 4) is 0 Å². The van der Waals surface area contributed by atoms with E-state index in [9.17, 15) is 13.2 Å². The molecule has 0 bridgehead atoms. The first kappa shape index (κ1) is 14.1. The molecule has 1 aliphatic heterocycles. The van der Waals surface area contributed by atoms with Crippen LogP contribution in [0.2, 0.25) is 0 Å². The average molecular weight is 265 g/mol. The second-order valence-electron chi connectivity index (χ2n) is 5.59. The lowest BCUT2D eigenvalue weighted by Crippen LogP contribution is -2.35. The Labute approximate surface area is 106 Å². The number of ether oxygens (including phenoxy) is 1. The Kier molecular flexibility index (Phi) is 4.54. The number of nitrogens with one attached hydrogen (secondary N) is 1. The van der Waals surface area contributed by atoms with E-state index >= 15 is 0 Å². The lowest BCUT2D eigenvalue weighted by atomic mass is 9.83. The molecule has 2 nitrogen and oxygen atoms in total. The van der Waals surface area contributed by atoms with Gasteiger partial charge in [0.25, 0.3) is 0 Å². The van der Waals surface area contributed by atoms with E-state index in [1.807, 2.05) is 0 Å². The van der Waals surface area contributed by atoms with Crippen LogP contribution in [0.5, 0.6) is 0 Å². The van der Waals surface area contributed by atoms with Crippen LogP contribution in [-0.2, 0) is 4.74 Å². The van der Waals surface area contributed by atoms with Gasteiger partial charge in [0.05, 0.1) is 18.1 Å². The fraction of sp³-hybridized carbons (Fsp3) is 1.00. The van der Waals surface area contributed by atoms with E-state index in [1.54, 1.807) is 0 Å². The minimum atomic E-state index is -4.06. The third-order valence-corrected chi connectivity index (χ3v) is 4.06. The number of halogens is 3. The van der Waals surface area contributed by atoms with Gasteiger partial charge >= 0.3 is 6.18 Å². The fourth-order valence-electron chi connectivity index (χ4n) is 3.10. The van der Waals surface area contributed by atoms with Gasteiger partial charge in [0.2, 0.25) is 0 Å². The van der Waals surface area contributed by atoms with Crippen molar-refractivity contribution in [2.24, 2.45) is 0 Å². The van der Waals surface area contributed by atoms with Crippen molar-refractivity contribution in [2.45, 2.75) is 69.2 Å². The quantitative estimate of drug-likeness (QED) is 0.786. The second kappa shape index (κ2) is 5.78. The molecule has 0 radical (unpaired) electrons. The van der Waals surface area contributed by atoms with Gasteiger partial charge in [-0.25, -0.2) is 0 Å². The van der Waals surface area contributed by atoms with Gasteiger partial charge in [-0.15, -0.1) is 0 Å². The number of rotatable bonds is 4. The molecule has 18 heavy (non-hydrogen) atoms. The van der Waals surface area contributed by atoms with Crippen LogP contribution < -0.4 is 5.32 Å². The van der Waals surface area contributed by atoms with E-state index in [2.05, 4.69) is 5.32 Å². The maximum atomic E-state index is 12.0. The maximum absolute atomic E-state index is 12.0. The van der Waals surface area contributed by atoms with Crippen molar-refractivity contribution < 1.29 is 17.9 Å². The molecule has 1 heterocycles. The summed E-state index contributed by atoms with van der Waals surface area (Å²) < 4.78 is 42.0. The molecule has 1 saturated heterocycles. The summed E-state index contributed by atoms with van der Waals surface area (Å²) >= 11 is 0. The first-order chi connectivity index (χ1) is 8.49. The fourth-order valence-corrected chi connectivity index (χ4v) is 3.10. The zero-order valence-corrected chi connectivity index (χ0v) is 10.7. The molecular formula is C13H22F3NO. The summed E-state index contributed by atoms with van der Waals surface area (Å²) in [5, 5.41) is 2.86. The summed E-state index contributed by atoms with van der Waals surface area (Å²) in [7, 11) is 0. The van der Waals surface area contributed by atoms with Gasteiger partial charge in [-0.1, -0.05) is 19.3 Å². The van der Waals surface area contributed by atoms with Crippen molar-refractivity contribution in [1.82, 2.24) is 5.32 Å². The van der Waals surface area contributed by atoms with Crippen LogP contribution in [0.25, 0.3) is 0 Å². The van der Waals surface area contributed by atoms with Crippen LogP contribution >= 0.6 is 0 Å². The Balaban J connectivity index is 1.64. The van der Waals surface area contributed by atoms with E-state index in [4.69, 9.17) is 4.74 Å². The smallest absolute Gasteiger partial charge is 0.370 e. The summed E-state index contributed by atoms with van der Waals surface area (Å²) in [4.78, 5) is 0. The Morgan fingerprint density at radius 2 is 1.83 bits per heavy atom. The monoisotopic (exact) mass is 265 g/mol. The Hall–Kier alpha value is -0.290. The van der Waals surface area contributed by atoms with Crippen LogP contribution in [0.4, 0.5) is 13.2 Å². The van der Waals surface area contributed by atoms with Gasteiger partial charge < -0.3 is 10.1 Å². The molecule has 0 aromatic carbocycles. The molecule has 2 fully saturated rings. The van der Waals surface area contributed by atoms with Gasteiger partial charge in [-0.05, 0) is 25.7 Å². The molecule has 1 saturated carbocycles. The highest BCUT2D eigenvalue weighted by molar-refractivity contribution is 4.91. The average Bonchev–Trinajstić information content (AvgIpc) is 2.68. The van der Waals surface area contributed by atoms with Gasteiger partial charge in [-0.3, -0.25) is 0 Å². The predicted octanol–water partition coefficient (Wildman–Crippen LogP) is 3.41. The van der Waals surface area contributed by atoms with Crippen molar-refractivity contribution >= 4 is 0 Å². The van der Waals surface area contributed by atoms with Crippen LogP contribution in [0.15, 0.2) is 0 Å². The number of hydrogen-bond acceptors (Lipinski definition) is 2. The molecule has 2 rings (SSSR count). The van der Waals surface area contributed by atoms with Gasteiger partial charge in [0.1, 0.15) is 0 Å². The molecule has 1 aliphatic carbocycles. The lowest BCUT2D eigenvalue weighted by molar-refractivity contribution is -0.133. The molecule has 1 atom stereocenters.